The number of hydrogen-bond acceptors (Lipinski definition) is 3. The molecule has 2 amide bonds. The number of aromatic nitrogens is 3. The summed E-state index contributed by atoms with van der Waals surface area (Å²) in [5, 5.41) is 10.7. The van der Waals surface area contributed by atoms with Crippen molar-refractivity contribution >= 4 is 6.03 Å². The van der Waals surface area contributed by atoms with E-state index in [-0.39, 0.29) is 12.1 Å². The molecule has 88 valence electrons. The molecule has 1 atom stereocenters. The van der Waals surface area contributed by atoms with E-state index in [1.807, 2.05) is 23.4 Å². The van der Waals surface area contributed by atoms with E-state index in [2.05, 4.69) is 15.5 Å². The highest BCUT2D eigenvalue weighted by molar-refractivity contribution is 5.74. The number of urea groups is 1. The Balaban J connectivity index is 1.94. The maximum atomic E-state index is 11.8. The Morgan fingerprint density at radius 3 is 2.75 bits per heavy atom. The number of carbonyl (C=O) groups excluding carboxylic acids is 1. The lowest BCUT2D eigenvalue weighted by Crippen LogP contribution is -2.39. The maximum Gasteiger partial charge on any atom is 0.317 e. The van der Waals surface area contributed by atoms with Gasteiger partial charge in [-0.15, -0.1) is 10.2 Å². The lowest BCUT2D eigenvalue weighted by atomic mass is 10.3. The minimum Gasteiger partial charge on any atom is -0.328 e. The fourth-order valence-electron chi connectivity index (χ4n) is 1.95. The van der Waals surface area contributed by atoms with E-state index in [0.29, 0.717) is 0 Å². The van der Waals surface area contributed by atoms with Crippen LogP contribution in [-0.4, -0.2) is 38.8 Å². The number of rotatable bonds is 2. The molecule has 2 heterocycles. The van der Waals surface area contributed by atoms with E-state index in [9.17, 15) is 4.79 Å². The zero-order valence-electron chi connectivity index (χ0n) is 9.68. The molecule has 16 heavy (non-hydrogen) atoms. The SMILES string of the molecule is CC(NC(=O)N1CCCC1)c1nncn1C. The first-order chi connectivity index (χ1) is 7.68. The number of hydrogen-bond donors (Lipinski definition) is 1. The van der Waals surface area contributed by atoms with Gasteiger partial charge in [-0.3, -0.25) is 0 Å². The normalized spacial score (nSPS) is 17.5. The molecule has 0 bridgehead atoms. The summed E-state index contributed by atoms with van der Waals surface area (Å²) in [7, 11) is 1.87. The van der Waals surface area contributed by atoms with E-state index in [0.717, 1.165) is 31.8 Å². The number of likely N-dealkylation sites (tertiary alicyclic amines) is 1. The van der Waals surface area contributed by atoms with Gasteiger partial charge in [0.2, 0.25) is 0 Å². The van der Waals surface area contributed by atoms with Crippen molar-refractivity contribution in [1.82, 2.24) is 25.0 Å². The second-order valence-corrected chi connectivity index (χ2v) is 4.17. The molecule has 0 radical (unpaired) electrons. The highest BCUT2D eigenvalue weighted by Crippen LogP contribution is 2.11. The molecule has 6 nitrogen and oxygen atoms in total. The third kappa shape index (κ3) is 2.15. The Morgan fingerprint density at radius 2 is 2.19 bits per heavy atom. The topological polar surface area (TPSA) is 63.1 Å². The van der Waals surface area contributed by atoms with Crippen LogP contribution in [0, 0.1) is 0 Å². The van der Waals surface area contributed by atoms with Crippen molar-refractivity contribution in [2.24, 2.45) is 7.05 Å². The van der Waals surface area contributed by atoms with Gasteiger partial charge in [0.05, 0.1) is 6.04 Å². The predicted molar refractivity (Wildman–Crippen MR) is 58.8 cm³/mol. The van der Waals surface area contributed by atoms with Crippen LogP contribution in [0.4, 0.5) is 4.79 Å². The van der Waals surface area contributed by atoms with Gasteiger partial charge in [0.15, 0.2) is 5.82 Å². The quantitative estimate of drug-likeness (QED) is 0.802. The highest BCUT2D eigenvalue weighted by atomic mass is 16.2. The first kappa shape index (κ1) is 10.9. The summed E-state index contributed by atoms with van der Waals surface area (Å²) < 4.78 is 1.81. The average molecular weight is 223 g/mol. The van der Waals surface area contributed by atoms with Crippen molar-refractivity contribution in [3.05, 3.63) is 12.2 Å². The summed E-state index contributed by atoms with van der Waals surface area (Å²) in [6.07, 6.45) is 3.84. The lowest BCUT2D eigenvalue weighted by molar-refractivity contribution is 0.205. The van der Waals surface area contributed by atoms with Gasteiger partial charge in [0.1, 0.15) is 6.33 Å². The van der Waals surface area contributed by atoms with Crippen molar-refractivity contribution in [1.29, 1.82) is 0 Å². The van der Waals surface area contributed by atoms with Crippen molar-refractivity contribution in [2.75, 3.05) is 13.1 Å². The summed E-state index contributed by atoms with van der Waals surface area (Å²) in [6, 6.07) is -0.117. The van der Waals surface area contributed by atoms with Gasteiger partial charge in [-0.2, -0.15) is 0 Å². The minimum atomic E-state index is -0.111. The highest BCUT2D eigenvalue weighted by Gasteiger charge is 2.21. The summed E-state index contributed by atoms with van der Waals surface area (Å²) in [5.74, 6) is 0.771. The zero-order valence-corrected chi connectivity index (χ0v) is 9.68. The van der Waals surface area contributed by atoms with Gasteiger partial charge < -0.3 is 14.8 Å². The van der Waals surface area contributed by atoms with Crippen LogP contribution in [0.15, 0.2) is 6.33 Å². The molecule has 6 heteroatoms. The standard InChI is InChI=1S/C10H17N5O/c1-8(9-13-11-7-14(9)2)12-10(16)15-5-3-4-6-15/h7-8H,3-6H2,1-2H3,(H,12,16). The smallest absolute Gasteiger partial charge is 0.317 e. The molecule has 0 saturated carbocycles. The van der Waals surface area contributed by atoms with E-state index in [4.69, 9.17) is 0 Å². The van der Waals surface area contributed by atoms with Crippen LogP contribution in [0.1, 0.15) is 31.6 Å². The number of amides is 2. The van der Waals surface area contributed by atoms with Crippen LogP contribution >= 0.6 is 0 Å². The number of nitrogens with one attached hydrogen (secondary N) is 1. The molecule has 0 aliphatic carbocycles. The molecule has 1 N–H and O–H groups in total. The van der Waals surface area contributed by atoms with Crippen LogP contribution in [0.3, 0.4) is 0 Å². The molecule has 1 aromatic rings. The Kier molecular flexibility index (Phi) is 3.07. The van der Waals surface area contributed by atoms with Gasteiger partial charge >= 0.3 is 6.03 Å². The molecule has 1 aromatic heterocycles. The molecule has 0 aromatic carbocycles. The van der Waals surface area contributed by atoms with Crippen LogP contribution in [0.25, 0.3) is 0 Å². The fraction of sp³-hybridized carbons (Fsp3) is 0.700. The molecule has 2 rings (SSSR count). The summed E-state index contributed by atoms with van der Waals surface area (Å²) in [4.78, 5) is 13.7. The number of carbonyl (C=O) groups is 1. The van der Waals surface area contributed by atoms with Crippen LogP contribution in [-0.2, 0) is 7.05 Å². The van der Waals surface area contributed by atoms with Gasteiger partial charge in [0.25, 0.3) is 0 Å². The zero-order chi connectivity index (χ0) is 11.5. The van der Waals surface area contributed by atoms with Crippen molar-refractivity contribution in [3.8, 4) is 0 Å². The van der Waals surface area contributed by atoms with Crippen LogP contribution in [0.2, 0.25) is 0 Å². The van der Waals surface area contributed by atoms with E-state index >= 15 is 0 Å². The largest absolute Gasteiger partial charge is 0.328 e. The van der Waals surface area contributed by atoms with E-state index < -0.39 is 0 Å². The molecule has 1 unspecified atom stereocenters. The predicted octanol–water partition coefficient (Wildman–Crippen LogP) is 0.681. The van der Waals surface area contributed by atoms with Crippen LogP contribution in [0.5, 0.6) is 0 Å². The Labute approximate surface area is 94.6 Å². The van der Waals surface area contributed by atoms with E-state index in [1.54, 1.807) is 6.33 Å². The summed E-state index contributed by atoms with van der Waals surface area (Å²) >= 11 is 0. The first-order valence-corrected chi connectivity index (χ1v) is 5.58. The average Bonchev–Trinajstić information content (AvgIpc) is 2.86. The Hall–Kier alpha value is -1.59. The second kappa shape index (κ2) is 4.51. The minimum absolute atomic E-state index is 0.00648. The molecular formula is C10H17N5O. The van der Waals surface area contributed by atoms with Crippen molar-refractivity contribution in [3.63, 3.8) is 0 Å². The molecule has 1 saturated heterocycles. The molecular weight excluding hydrogens is 206 g/mol. The maximum absolute atomic E-state index is 11.8. The monoisotopic (exact) mass is 223 g/mol. The van der Waals surface area contributed by atoms with Gasteiger partial charge in [0, 0.05) is 20.1 Å². The van der Waals surface area contributed by atoms with Crippen LogP contribution < -0.4 is 5.32 Å². The number of nitrogens with zero attached hydrogens (tertiary/aromatic N) is 4. The summed E-state index contributed by atoms with van der Waals surface area (Å²) in [5.41, 5.74) is 0. The summed E-state index contributed by atoms with van der Waals surface area (Å²) in [6.45, 7) is 3.63. The molecule has 0 spiro atoms. The Bertz CT molecular complexity index is 369. The molecule has 1 aliphatic heterocycles. The third-order valence-electron chi connectivity index (χ3n) is 2.87. The number of aryl methyl sites for hydroxylation is 1. The first-order valence-electron chi connectivity index (χ1n) is 5.58. The second-order valence-electron chi connectivity index (χ2n) is 4.17. The fourth-order valence-corrected chi connectivity index (χ4v) is 1.95. The lowest BCUT2D eigenvalue weighted by Gasteiger charge is -2.19. The van der Waals surface area contributed by atoms with Gasteiger partial charge in [-0.05, 0) is 19.8 Å². The molecule has 1 fully saturated rings. The third-order valence-corrected chi connectivity index (χ3v) is 2.87. The van der Waals surface area contributed by atoms with Gasteiger partial charge in [-0.25, -0.2) is 4.79 Å². The Morgan fingerprint density at radius 1 is 1.50 bits per heavy atom. The van der Waals surface area contributed by atoms with E-state index in [1.165, 1.54) is 0 Å². The molecule has 1 aliphatic rings. The van der Waals surface area contributed by atoms with Crippen molar-refractivity contribution in [2.45, 2.75) is 25.8 Å². The van der Waals surface area contributed by atoms with Gasteiger partial charge in [-0.1, -0.05) is 0 Å². The van der Waals surface area contributed by atoms with Crippen molar-refractivity contribution < 1.29 is 4.79 Å².